The van der Waals surface area contributed by atoms with Crippen LogP contribution in [0, 0.1) is 6.92 Å². The van der Waals surface area contributed by atoms with Crippen LogP contribution in [0.25, 0.3) is 33.2 Å². The largest absolute Gasteiger partial charge is 0.458 e. The highest BCUT2D eigenvalue weighted by Crippen LogP contribution is 2.33. The second-order valence-corrected chi connectivity index (χ2v) is 8.25. The van der Waals surface area contributed by atoms with Crippen LogP contribution >= 0.6 is 11.3 Å². The Hall–Kier alpha value is -3.91. The minimum atomic E-state index is -0.352. The number of aryl methyl sites for hydroxylation is 1. The number of amides is 2. The van der Waals surface area contributed by atoms with Crippen molar-refractivity contribution in [1.82, 2.24) is 10.3 Å². The Balaban J connectivity index is 1.37. The molecule has 0 aliphatic heterocycles. The van der Waals surface area contributed by atoms with Crippen LogP contribution in [-0.2, 0) is 11.3 Å². The molecule has 0 spiro atoms. The Morgan fingerprint density at radius 2 is 1.88 bits per heavy atom. The van der Waals surface area contributed by atoms with E-state index in [-0.39, 0.29) is 17.6 Å². The summed E-state index contributed by atoms with van der Waals surface area (Å²) in [6.07, 6.45) is 0. The van der Waals surface area contributed by atoms with Gasteiger partial charge >= 0.3 is 0 Å². The van der Waals surface area contributed by atoms with Gasteiger partial charge in [0.2, 0.25) is 5.91 Å². The molecule has 0 bridgehead atoms. The summed E-state index contributed by atoms with van der Waals surface area (Å²) < 4.78 is 11.7. The molecule has 0 fully saturated rings. The van der Waals surface area contributed by atoms with Gasteiger partial charge in [-0.05, 0) is 24.4 Å². The quantitative estimate of drug-likeness (QED) is 0.372. The van der Waals surface area contributed by atoms with Crippen molar-refractivity contribution in [2.24, 2.45) is 0 Å². The van der Waals surface area contributed by atoms with Crippen molar-refractivity contribution >= 4 is 50.0 Å². The first-order chi connectivity index (χ1) is 15.5. The molecule has 0 saturated carbocycles. The Bertz CT molecular complexity index is 1480. The molecule has 5 aromatic rings. The van der Waals surface area contributed by atoms with E-state index in [0.29, 0.717) is 34.5 Å². The third-order valence-corrected chi connectivity index (χ3v) is 5.94. The van der Waals surface area contributed by atoms with E-state index in [9.17, 15) is 9.59 Å². The Labute approximate surface area is 187 Å². The van der Waals surface area contributed by atoms with Gasteiger partial charge in [-0.3, -0.25) is 14.9 Å². The number of hydrogen-bond acceptors (Lipinski definition) is 6. The molecule has 3 aromatic heterocycles. The zero-order chi connectivity index (χ0) is 22.2. The van der Waals surface area contributed by atoms with Crippen LogP contribution in [0.15, 0.2) is 62.7 Å². The van der Waals surface area contributed by atoms with Crippen molar-refractivity contribution in [2.45, 2.75) is 20.4 Å². The average molecular weight is 446 g/mol. The molecule has 0 atom stereocenters. The number of fused-ring (bicyclic) bond motifs is 3. The van der Waals surface area contributed by atoms with Crippen molar-refractivity contribution < 1.29 is 18.4 Å². The highest BCUT2D eigenvalue weighted by Gasteiger charge is 2.20. The summed E-state index contributed by atoms with van der Waals surface area (Å²) in [6, 6.07) is 15.5. The molecule has 0 unspecified atom stereocenters. The number of hydrogen-bond donors (Lipinski definition) is 2. The number of carbonyl (C=O) groups excluding carboxylic acids is 2. The summed E-state index contributed by atoms with van der Waals surface area (Å²) >= 11 is 1.30. The molecule has 0 saturated heterocycles. The van der Waals surface area contributed by atoms with E-state index in [1.807, 2.05) is 43.3 Å². The highest BCUT2D eigenvalue weighted by atomic mass is 32.1. The fourth-order valence-electron chi connectivity index (χ4n) is 3.59. The maximum Gasteiger partial charge on any atom is 0.293 e. The third-order valence-electron chi connectivity index (χ3n) is 5.18. The maximum absolute atomic E-state index is 12.9. The molecule has 0 radical (unpaired) electrons. The van der Waals surface area contributed by atoms with Gasteiger partial charge in [-0.2, -0.15) is 0 Å². The Morgan fingerprint density at radius 3 is 2.72 bits per heavy atom. The van der Waals surface area contributed by atoms with Gasteiger partial charge in [0.25, 0.3) is 5.91 Å². The van der Waals surface area contributed by atoms with Crippen molar-refractivity contribution in [3.8, 4) is 11.5 Å². The number of nitrogens with zero attached hydrogens (tertiary/aromatic N) is 1. The first-order valence-electron chi connectivity index (χ1n) is 10.0. The Morgan fingerprint density at radius 1 is 1.03 bits per heavy atom. The number of aromatic nitrogens is 1. The van der Waals surface area contributed by atoms with Gasteiger partial charge in [-0.25, -0.2) is 4.98 Å². The average Bonchev–Trinajstić information content (AvgIpc) is 3.51. The lowest BCUT2D eigenvalue weighted by molar-refractivity contribution is -0.119. The summed E-state index contributed by atoms with van der Waals surface area (Å²) in [7, 11) is 0. The number of carbonyl (C=O) groups is 2. The molecule has 0 aliphatic rings. The van der Waals surface area contributed by atoms with Crippen LogP contribution in [0.2, 0.25) is 0 Å². The second kappa shape index (κ2) is 7.97. The number of rotatable bonds is 5. The second-order valence-electron chi connectivity index (χ2n) is 7.39. The molecule has 3 heterocycles. The van der Waals surface area contributed by atoms with E-state index in [0.717, 1.165) is 21.7 Å². The molecular weight excluding hydrogens is 426 g/mol. The van der Waals surface area contributed by atoms with Gasteiger partial charge in [0.1, 0.15) is 17.0 Å². The summed E-state index contributed by atoms with van der Waals surface area (Å²) in [6.45, 7) is 3.64. The minimum absolute atomic E-state index is 0.129. The molecule has 32 heavy (non-hydrogen) atoms. The van der Waals surface area contributed by atoms with Gasteiger partial charge in [0.05, 0.1) is 6.54 Å². The predicted molar refractivity (Wildman–Crippen MR) is 124 cm³/mol. The number of benzene rings is 2. The Kier molecular flexibility index (Phi) is 4.99. The van der Waals surface area contributed by atoms with Crippen LogP contribution < -0.4 is 10.6 Å². The third kappa shape index (κ3) is 3.65. The fraction of sp³-hybridized carbons (Fsp3) is 0.125. The fourth-order valence-corrected chi connectivity index (χ4v) is 4.28. The lowest BCUT2D eigenvalue weighted by atomic mass is 10.1. The van der Waals surface area contributed by atoms with Crippen molar-refractivity contribution in [3.63, 3.8) is 0 Å². The lowest BCUT2D eigenvalue weighted by Crippen LogP contribution is -2.18. The molecule has 7 nitrogen and oxygen atoms in total. The van der Waals surface area contributed by atoms with Gasteiger partial charge in [-0.15, -0.1) is 11.3 Å². The van der Waals surface area contributed by atoms with E-state index >= 15 is 0 Å². The summed E-state index contributed by atoms with van der Waals surface area (Å²) in [4.78, 5) is 28.4. The number of furan rings is 2. The van der Waals surface area contributed by atoms with E-state index < -0.39 is 0 Å². The van der Waals surface area contributed by atoms with Crippen LogP contribution in [0.3, 0.4) is 0 Å². The highest BCUT2D eigenvalue weighted by molar-refractivity contribution is 7.14. The molecule has 2 N–H and O–H groups in total. The van der Waals surface area contributed by atoms with Crippen molar-refractivity contribution in [3.05, 3.63) is 71.0 Å². The monoisotopic (exact) mass is 445 g/mol. The van der Waals surface area contributed by atoms with Gasteiger partial charge in [-0.1, -0.05) is 36.4 Å². The van der Waals surface area contributed by atoms with Gasteiger partial charge in [0.15, 0.2) is 16.7 Å². The first-order valence-corrected chi connectivity index (χ1v) is 10.9. The summed E-state index contributed by atoms with van der Waals surface area (Å²) in [5, 5.41) is 10.7. The van der Waals surface area contributed by atoms with Crippen molar-refractivity contribution in [1.29, 1.82) is 0 Å². The predicted octanol–water partition coefficient (Wildman–Crippen LogP) is 5.50. The standard InChI is InChI=1S/C24H19N3O4S/c1-13-17-9-7-15-5-3-4-6-18(15)22(17)31-21(13)23(29)27-24-26-19(12-32-24)20-10-8-16(30-20)11-25-14(2)28/h3-10,12H,11H2,1-2H3,(H,25,28)(H,26,27,29). The summed E-state index contributed by atoms with van der Waals surface area (Å²) in [5.74, 6) is 0.973. The SMILES string of the molecule is CC(=O)NCc1ccc(-c2csc(NC(=O)c3oc4c(ccc5ccccc54)c3C)n2)o1. The number of anilines is 1. The van der Waals surface area contributed by atoms with E-state index in [1.54, 1.807) is 17.5 Å². The maximum atomic E-state index is 12.9. The van der Waals surface area contributed by atoms with Crippen molar-refractivity contribution in [2.75, 3.05) is 5.32 Å². The van der Waals surface area contributed by atoms with Crippen LogP contribution in [-0.4, -0.2) is 16.8 Å². The topological polar surface area (TPSA) is 97.4 Å². The van der Waals surface area contributed by atoms with E-state index in [1.165, 1.54) is 18.3 Å². The molecule has 2 amide bonds. The van der Waals surface area contributed by atoms with Crippen LogP contribution in [0.5, 0.6) is 0 Å². The first kappa shape index (κ1) is 20.0. The van der Waals surface area contributed by atoms with Crippen LogP contribution in [0.4, 0.5) is 5.13 Å². The summed E-state index contributed by atoms with van der Waals surface area (Å²) in [5.41, 5.74) is 2.09. The number of thiazole rings is 1. The zero-order valence-electron chi connectivity index (χ0n) is 17.4. The minimum Gasteiger partial charge on any atom is -0.458 e. The van der Waals surface area contributed by atoms with E-state index in [4.69, 9.17) is 8.83 Å². The molecule has 0 aliphatic carbocycles. The van der Waals surface area contributed by atoms with Gasteiger partial charge < -0.3 is 14.2 Å². The van der Waals surface area contributed by atoms with Crippen LogP contribution in [0.1, 0.15) is 28.8 Å². The lowest BCUT2D eigenvalue weighted by Gasteiger charge is -1.99. The molecule has 5 rings (SSSR count). The molecule has 8 heteroatoms. The van der Waals surface area contributed by atoms with E-state index in [2.05, 4.69) is 15.6 Å². The zero-order valence-corrected chi connectivity index (χ0v) is 18.2. The molecular formula is C24H19N3O4S. The normalized spacial score (nSPS) is 11.2. The smallest absolute Gasteiger partial charge is 0.293 e. The molecule has 160 valence electrons. The molecule has 2 aromatic carbocycles. The number of nitrogens with one attached hydrogen (secondary N) is 2. The van der Waals surface area contributed by atoms with Gasteiger partial charge in [0, 0.05) is 28.6 Å².